The van der Waals surface area contributed by atoms with Crippen molar-refractivity contribution in [1.82, 2.24) is 4.90 Å². The van der Waals surface area contributed by atoms with Gasteiger partial charge in [-0.15, -0.1) is 0 Å². The molecule has 0 spiro atoms. The standard InChI is InChI=1S/C24H24ClN3O5S/c1-2-33-20-8-7-17(25)13-16(20)14-21-23(30)28(24(31)34-21)15-22(29)26-18-5-3-4-6-19(18)27-9-11-32-12-10-27/h3-8,13-14H,2,9-12,15H2,1H3,(H,26,29)/b21-14+. The van der Waals surface area contributed by atoms with Crippen LogP contribution in [-0.2, 0) is 14.3 Å². The first kappa shape index (κ1) is 24.1. The Balaban J connectivity index is 1.47. The second-order valence-electron chi connectivity index (χ2n) is 7.55. The maximum Gasteiger partial charge on any atom is 0.294 e. The van der Waals surface area contributed by atoms with Gasteiger partial charge in [0.15, 0.2) is 0 Å². The number of carbonyl (C=O) groups excluding carboxylic acids is 3. The average molecular weight is 502 g/mol. The van der Waals surface area contributed by atoms with Crippen molar-refractivity contribution in [1.29, 1.82) is 0 Å². The highest BCUT2D eigenvalue weighted by Crippen LogP contribution is 2.35. The van der Waals surface area contributed by atoms with E-state index in [4.69, 9.17) is 21.1 Å². The third kappa shape index (κ3) is 5.55. The van der Waals surface area contributed by atoms with Crippen LogP contribution in [0.15, 0.2) is 47.4 Å². The molecule has 178 valence electrons. The van der Waals surface area contributed by atoms with Crippen LogP contribution in [0.4, 0.5) is 16.2 Å². The summed E-state index contributed by atoms with van der Waals surface area (Å²) in [5.41, 5.74) is 2.08. The Hall–Kier alpha value is -3.01. The number of hydrogen-bond acceptors (Lipinski definition) is 7. The highest BCUT2D eigenvalue weighted by Gasteiger charge is 2.36. The van der Waals surface area contributed by atoms with E-state index in [9.17, 15) is 14.4 Å². The van der Waals surface area contributed by atoms with Crippen molar-refractivity contribution in [3.8, 4) is 5.75 Å². The lowest BCUT2D eigenvalue weighted by Gasteiger charge is -2.30. The molecule has 2 aliphatic heterocycles. The normalized spacial score (nSPS) is 17.4. The number of nitrogens with one attached hydrogen (secondary N) is 1. The van der Waals surface area contributed by atoms with Gasteiger partial charge in [-0.05, 0) is 55.1 Å². The fourth-order valence-corrected chi connectivity index (χ4v) is 4.70. The van der Waals surface area contributed by atoms with E-state index in [0.717, 1.165) is 22.3 Å². The quantitative estimate of drug-likeness (QED) is 0.567. The number of imide groups is 1. The molecular formula is C24H24ClN3O5S. The highest BCUT2D eigenvalue weighted by molar-refractivity contribution is 8.18. The molecule has 8 nitrogen and oxygen atoms in total. The van der Waals surface area contributed by atoms with Crippen molar-refractivity contribution in [3.05, 3.63) is 58.0 Å². The third-order valence-corrected chi connectivity index (χ3v) is 6.41. The average Bonchev–Trinajstić information content (AvgIpc) is 3.09. The molecule has 2 saturated heterocycles. The van der Waals surface area contributed by atoms with E-state index >= 15 is 0 Å². The summed E-state index contributed by atoms with van der Waals surface area (Å²) in [5, 5.41) is 2.81. The number of halogens is 1. The fraction of sp³-hybridized carbons (Fsp3) is 0.292. The Kier molecular flexibility index (Phi) is 7.77. The van der Waals surface area contributed by atoms with Gasteiger partial charge in [0.05, 0.1) is 36.1 Å². The molecule has 2 fully saturated rings. The van der Waals surface area contributed by atoms with Crippen LogP contribution in [0.5, 0.6) is 5.75 Å². The molecule has 2 aliphatic rings. The number of rotatable bonds is 7. The number of morpholine rings is 1. The molecule has 10 heteroatoms. The van der Waals surface area contributed by atoms with Crippen LogP contribution >= 0.6 is 23.4 Å². The van der Waals surface area contributed by atoms with Crippen LogP contribution in [0, 0.1) is 0 Å². The Bertz CT molecular complexity index is 1130. The number of ether oxygens (including phenoxy) is 2. The van der Waals surface area contributed by atoms with Gasteiger partial charge in [-0.25, -0.2) is 0 Å². The molecule has 1 N–H and O–H groups in total. The summed E-state index contributed by atoms with van der Waals surface area (Å²) >= 11 is 6.87. The minimum absolute atomic E-state index is 0.203. The number of thioether (sulfide) groups is 1. The number of benzene rings is 2. The minimum Gasteiger partial charge on any atom is -0.493 e. The van der Waals surface area contributed by atoms with E-state index in [1.165, 1.54) is 0 Å². The van der Waals surface area contributed by atoms with Crippen molar-refractivity contribution in [2.45, 2.75) is 6.92 Å². The monoisotopic (exact) mass is 501 g/mol. The SMILES string of the molecule is CCOc1ccc(Cl)cc1/C=C1/SC(=O)N(CC(=O)Nc2ccccc2N2CCOCC2)C1=O. The molecule has 2 heterocycles. The summed E-state index contributed by atoms with van der Waals surface area (Å²) in [4.78, 5) is 41.5. The van der Waals surface area contributed by atoms with Crippen LogP contribution in [0.3, 0.4) is 0 Å². The summed E-state index contributed by atoms with van der Waals surface area (Å²) in [5.74, 6) is -0.438. The van der Waals surface area contributed by atoms with Gasteiger partial charge in [0.1, 0.15) is 12.3 Å². The molecule has 0 bridgehead atoms. The topological polar surface area (TPSA) is 88.2 Å². The van der Waals surface area contributed by atoms with E-state index in [0.29, 0.717) is 54.9 Å². The number of hydrogen-bond donors (Lipinski definition) is 1. The van der Waals surface area contributed by atoms with Gasteiger partial charge < -0.3 is 19.7 Å². The molecule has 2 aromatic carbocycles. The zero-order chi connectivity index (χ0) is 24.1. The van der Waals surface area contributed by atoms with Gasteiger partial charge >= 0.3 is 0 Å². The zero-order valence-electron chi connectivity index (χ0n) is 18.6. The Labute approximate surface area is 206 Å². The molecule has 0 atom stereocenters. The van der Waals surface area contributed by atoms with Gasteiger partial charge in [-0.2, -0.15) is 0 Å². The van der Waals surface area contributed by atoms with Crippen molar-refractivity contribution in [2.24, 2.45) is 0 Å². The van der Waals surface area contributed by atoms with Crippen LogP contribution in [0.25, 0.3) is 6.08 Å². The Morgan fingerprint density at radius 3 is 2.74 bits per heavy atom. The first-order valence-corrected chi connectivity index (χ1v) is 12.0. The lowest BCUT2D eigenvalue weighted by Crippen LogP contribution is -2.38. The molecular weight excluding hydrogens is 478 g/mol. The molecule has 0 unspecified atom stereocenters. The summed E-state index contributed by atoms with van der Waals surface area (Å²) in [7, 11) is 0. The van der Waals surface area contributed by atoms with E-state index in [2.05, 4.69) is 10.2 Å². The maximum atomic E-state index is 12.9. The molecule has 34 heavy (non-hydrogen) atoms. The van der Waals surface area contributed by atoms with E-state index in [1.54, 1.807) is 30.3 Å². The van der Waals surface area contributed by atoms with Crippen LogP contribution in [-0.4, -0.2) is 61.4 Å². The summed E-state index contributed by atoms with van der Waals surface area (Å²) in [6.07, 6.45) is 1.56. The smallest absolute Gasteiger partial charge is 0.294 e. The van der Waals surface area contributed by atoms with Crippen LogP contribution in [0.1, 0.15) is 12.5 Å². The fourth-order valence-electron chi connectivity index (χ4n) is 3.69. The van der Waals surface area contributed by atoms with Crippen molar-refractivity contribution >= 4 is 57.9 Å². The van der Waals surface area contributed by atoms with Crippen molar-refractivity contribution < 1.29 is 23.9 Å². The molecule has 2 aromatic rings. The maximum absolute atomic E-state index is 12.9. The number of anilines is 2. The Morgan fingerprint density at radius 2 is 1.97 bits per heavy atom. The summed E-state index contributed by atoms with van der Waals surface area (Å²) in [6, 6.07) is 12.5. The lowest BCUT2D eigenvalue weighted by atomic mass is 10.2. The summed E-state index contributed by atoms with van der Waals surface area (Å²) < 4.78 is 11.0. The predicted molar refractivity (Wildman–Crippen MR) is 133 cm³/mol. The van der Waals surface area contributed by atoms with Crippen molar-refractivity contribution in [2.75, 3.05) is 49.7 Å². The second-order valence-corrected chi connectivity index (χ2v) is 8.98. The second kappa shape index (κ2) is 10.9. The largest absolute Gasteiger partial charge is 0.493 e. The first-order valence-electron chi connectivity index (χ1n) is 10.9. The van der Waals surface area contributed by atoms with E-state index in [1.807, 2.05) is 25.1 Å². The van der Waals surface area contributed by atoms with Gasteiger partial charge in [0.25, 0.3) is 11.1 Å². The van der Waals surface area contributed by atoms with Crippen LogP contribution < -0.4 is 15.0 Å². The van der Waals surface area contributed by atoms with E-state index in [-0.39, 0.29) is 11.4 Å². The van der Waals surface area contributed by atoms with Gasteiger partial charge in [-0.1, -0.05) is 23.7 Å². The minimum atomic E-state index is -0.533. The first-order chi connectivity index (χ1) is 16.5. The number of nitrogens with zero attached hydrogens (tertiary/aromatic N) is 2. The number of carbonyl (C=O) groups is 3. The van der Waals surface area contributed by atoms with Gasteiger partial charge in [0.2, 0.25) is 5.91 Å². The zero-order valence-corrected chi connectivity index (χ0v) is 20.2. The lowest BCUT2D eigenvalue weighted by molar-refractivity contribution is -0.127. The number of para-hydroxylation sites is 2. The van der Waals surface area contributed by atoms with Crippen LogP contribution in [0.2, 0.25) is 5.02 Å². The molecule has 0 aliphatic carbocycles. The van der Waals surface area contributed by atoms with Gasteiger partial charge in [0, 0.05) is 23.7 Å². The van der Waals surface area contributed by atoms with Crippen molar-refractivity contribution in [3.63, 3.8) is 0 Å². The Morgan fingerprint density at radius 1 is 1.21 bits per heavy atom. The number of amides is 3. The molecule has 0 aromatic heterocycles. The van der Waals surface area contributed by atoms with E-state index < -0.39 is 17.1 Å². The molecule has 3 amide bonds. The molecule has 4 rings (SSSR count). The summed E-state index contributed by atoms with van der Waals surface area (Å²) in [6.45, 7) is 4.57. The van der Waals surface area contributed by atoms with Gasteiger partial charge in [-0.3, -0.25) is 19.3 Å². The third-order valence-electron chi connectivity index (χ3n) is 5.26. The highest BCUT2D eigenvalue weighted by atomic mass is 35.5. The predicted octanol–water partition coefficient (Wildman–Crippen LogP) is 4.25. The molecule has 0 saturated carbocycles. The molecule has 0 radical (unpaired) electrons.